The van der Waals surface area contributed by atoms with Gasteiger partial charge in [-0.25, -0.2) is 0 Å². The monoisotopic (exact) mass is 436 g/mol. The van der Waals surface area contributed by atoms with Crippen LogP contribution in [0.1, 0.15) is 25.8 Å². The molecule has 2 fully saturated rings. The van der Waals surface area contributed by atoms with Crippen LogP contribution < -0.4 is 10.2 Å². The van der Waals surface area contributed by atoms with Crippen molar-refractivity contribution in [3.05, 3.63) is 60.2 Å². The molecule has 1 N–H and O–H groups in total. The summed E-state index contributed by atoms with van der Waals surface area (Å²) in [5.41, 5.74) is 3.38. The van der Waals surface area contributed by atoms with Crippen molar-refractivity contribution < 1.29 is 9.53 Å². The normalized spacial score (nSPS) is 23.0. The van der Waals surface area contributed by atoms with Gasteiger partial charge in [0.05, 0.1) is 18.8 Å². The van der Waals surface area contributed by atoms with Crippen LogP contribution >= 0.6 is 0 Å². The van der Waals surface area contributed by atoms with Gasteiger partial charge in [0, 0.05) is 44.1 Å². The van der Waals surface area contributed by atoms with E-state index in [0.717, 1.165) is 57.9 Å². The summed E-state index contributed by atoms with van der Waals surface area (Å²) in [5.74, 6) is 0.0582. The SMILES string of the molecule is CC1CN(c2ccc(NC(=O)CN3CCCN(Cc4ccccc4)CC3)cc2)CC(C)O1. The van der Waals surface area contributed by atoms with Crippen molar-refractivity contribution in [1.29, 1.82) is 0 Å². The van der Waals surface area contributed by atoms with Gasteiger partial charge in [0.2, 0.25) is 5.91 Å². The van der Waals surface area contributed by atoms with E-state index in [2.05, 4.69) is 76.3 Å². The van der Waals surface area contributed by atoms with E-state index in [-0.39, 0.29) is 18.1 Å². The first-order valence-corrected chi connectivity index (χ1v) is 11.8. The van der Waals surface area contributed by atoms with Gasteiger partial charge in [-0.2, -0.15) is 0 Å². The number of morpholine rings is 1. The Bertz CT molecular complexity index is 848. The summed E-state index contributed by atoms with van der Waals surface area (Å²) in [5, 5.41) is 3.07. The highest BCUT2D eigenvalue weighted by Crippen LogP contribution is 2.22. The summed E-state index contributed by atoms with van der Waals surface area (Å²) < 4.78 is 5.83. The van der Waals surface area contributed by atoms with Crippen LogP contribution in [0.2, 0.25) is 0 Å². The topological polar surface area (TPSA) is 48.1 Å². The highest BCUT2D eigenvalue weighted by atomic mass is 16.5. The molecule has 4 rings (SSSR count). The quantitative estimate of drug-likeness (QED) is 0.752. The highest BCUT2D eigenvalue weighted by Gasteiger charge is 2.22. The molecule has 2 atom stereocenters. The molecular weight excluding hydrogens is 400 g/mol. The molecule has 2 heterocycles. The molecule has 6 heteroatoms. The molecule has 0 aromatic heterocycles. The van der Waals surface area contributed by atoms with Crippen molar-refractivity contribution in [2.75, 3.05) is 56.0 Å². The Morgan fingerprint density at radius 1 is 0.906 bits per heavy atom. The summed E-state index contributed by atoms with van der Waals surface area (Å²) >= 11 is 0. The molecule has 1 amide bonds. The van der Waals surface area contributed by atoms with Crippen LogP contribution in [0, 0.1) is 0 Å². The number of nitrogens with zero attached hydrogens (tertiary/aromatic N) is 3. The van der Waals surface area contributed by atoms with E-state index in [1.54, 1.807) is 0 Å². The summed E-state index contributed by atoms with van der Waals surface area (Å²) in [6.45, 7) is 11.4. The van der Waals surface area contributed by atoms with E-state index >= 15 is 0 Å². The predicted octanol–water partition coefficient (Wildman–Crippen LogP) is 3.45. The lowest BCUT2D eigenvalue weighted by atomic mass is 10.2. The molecule has 2 aromatic carbocycles. The molecule has 0 bridgehead atoms. The maximum absolute atomic E-state index is 12.6. The molecule has 32 heavy (non-hydrogen) atoms. The Labute approximate surface area is 192 Å². The van der Waals surface area contributed by atoms with Crippen LogP contribution in [0.5, 0.6) is 0 Å². The fourth-order valence-corrected chi connectivity index (χ4v) is 4.73. The molecule has 2 aliphatic heterocycles. The van der Waals surface area contributed by atoms with Gasteiger partial charge in [-0.1, -0.05) is 30.3 Å². The lowest BCUT2D eigenvalue weighted by Gasteiger charge is -2.36. The minimum Gasteiger partial charge on any atom is -0.372 e. The molecule has 172 valence electrons. The van der Waals surface area contributed by atoms with Crippen LogP contribution in [0.3, 0.4) is 0 Å². The molecule has 2 unspecified atom stereocenters. The summed E-state index contributed by atoms with van der Waals surface area (Å²) in [6, 6.07) is 18.8. The fraction of sp³-hybridized carbons (Fsp3) is 0.500. The second-order valence-electron chi connectivity index (χ2n) is 9.15. The van der Waals surface area contributed by atoms with E-state index in [9.17, 15) is 4.79 Å². The summed E-state index contributed by atoms with van der Waals surface area (Å²) in [7, 11) is 0. The predicted molar refractivity (Wildman–Crippen MR) is 130 cm³/mol. The average molecular weight is 437 g/mol. The lowest BCUT2D eigenvalue weighted by molar-refractivity contribution is -0.117. The first kappa shape index (κ1) is 22.8. The van der Waals surface area contributed by atoms with Crippen molar-refractivity contribution in [1.82, 2.24) is 9.80 Å². The molecule has 2 aromatic rings. The van der Waals surface area contributed by atoms with Crippen molar-refractivity contribution in [2.24, 2.45) is 0 Å². The lowest BCUT2D eigenvalue weighted by Crippen LogP contribution is -2.45. The minimum absolute atomic E-state index is 0.0582. The third-order valence-electron chi connectivity index (χ3n) is 6.23. The third kappa shape index (κ3) is 6.55. The van der Waals surface area contributed by atoms with E-state index in [4.69, 9.17) is 4.74 Å². The van der Waals surface area contributed by atoms with Gasteiger partial charge in [-0.3, -0.25) is 14.6 Å². The second-order valence-corrected chi connectivity index (χ2v) is 9.15. The van der Waals surface area contributed by atoms with Gasteiger partial charge in [0.15, 0.2) is 0 Å². The fourth-order valence-electron chi connectivity index (χ4n) is 4.73. The number of benzene rings is 2. The maximum atomic E-state index is 12.6. The molecule has 0 spiro atoms. The molecule has 6 nitrogen and oxygen atoms in total. The molecule has 2 saturated heterocycles. The van der Waals surface area contributed by atoms with Gasteiger partial charge >= 0.3 is 0 Å². The molecule has 0 aliphatic carbocycles. The zero-order valence-corrected chi connectivity index (χ0v) is 19.4. The minimum atomic E-state index is 0.0582. The number of amides is 1. The van der Waals surface area contributed by atoms with E-state index in [1.807, 2.05) is 12.1 Å². The van der Waals surface area contributed by atoms with Gasteiger partial charge in [0.25, 0.3) is 0 Å². The molecule has 2 aliphatic rings. The Balaban J connectivity index is 1.24. The van der Waals surface area contributed by atoms with E-state index in [0.29, 0.717) is 6.54 Å². The van der Waals surface area contributed by atoms with Crippen molar-refractivity contribution in [2.45, 2.75) is 39.0 Å². The van der Waals surface area contributed by atoms with Crippen molar-refractivity contribution in [3.63, 3.8) is 0 Å². The number of rotatable bonds is 6. The van der Waals surface area contributed by atoms with Crippen molar-refractivity contribution in [3.8, 4) is 0 Å². The smallest absolute Gasteiger partial charge is 0.238 e. The zero-order chi connectivity index (χ0) is 22.3. The number of hydrogen-bond donors (Lipinski definition) is 1. The van der Waals surface area contributed by atoms with Crippen molar-refractivity contribution >= 4 is 17.3 Å². The van der Waals surface area contributed by atoms with Crippen LogP contribution in [0.25, 0.3) is 0 Å². The van der Waals surface area contributed by atoms with Gasteiger partial charge in [-0.05, 0) is 63.2 Å². The first-order valence-electron chi connectivity index (χ1n) is 11.8. The Kier molecular flexibility index (Phi) is 7.79. The summed E-state index contributed by atoms with van der Waals surface area (Å²) in [4.78, 5) is 19.7. The van der Waals surface area contributed by atoms with Crippen LogP contribution in [0.4, 0.5) is 11.4 Å². The number of anilines is 2. The van der Waals surface area contributed by atoms with Crippen LogP contribution in [-0.2, 0) is 16.1 Å². The Morgan fingerprint density at radius 3 is 2.28 bits per heavy atom. The second kappa shape index (κ2) is 10.9. The third-order valence-corrected chi connectivity index (χ3v) is 6.23. The standard InChI is InChI=1S/C26H36N4O2/c1-21-17-30(18-22(2)32-21)25-11-9-24(10-12-25)27-26(31)20-29-14-6-13-28(15-16-29)19-23-7-4-3-5-8-23/h3-5,7-12,21-22H,6,13-20H2,1-2H3,(H,27,31). The number of carbonyl (C=O) groups excluding carboxylic acids is 1. The zero-order valence-electron chi connectivity index (χ0n) is 19.4. The molecule has 0 saturated carbocycles. The summed E-state index contributed by atoms with van der Waals surface area (Å²) in [6.07, 6.45) is 1.55. The van der Waals surface area contributed by atoms with Gasteiger partial charge in [0.1, 0.15) is 0 Å². The first-order chi connectivity index (χ1) is 15.5. The van der Waals surface area contributed by atoms with E-state index < -0.39 is 0 Å². The highest BCUT2D eigenvalue weighted by molar-refractivity contribution is 5.92. The van der Waals surface area contributed by atoms with Gasteiger partial charge < -0.3 is 15.0 Å². The molecule has 0 radical (unpaired) electrons. The number of ether oxygens (including phenoxy) is 1. The van der Waals surface area contributed by atoms with Crippen LogP contribution in [-0.4, -0.2) is 73.7 Å². The number of hydrogen-bond acceptors (Lipinski definition) is 5. The van der Waals surface area contributed by atoms with Crippen LogP contribution in [0.15, 0.2) is 54.6 Å². The number of carbonyl (C=O) groups is 1. The largest absolute Gasteiger partial charge is 0.372 e. The molecular formula is C26H36N4O2. The maximum Gasteiger partial charge on any atom is 0.238 e. The van der Waals surface area contributed by atoms with Gasteiger partial charge in [-0.15, -0.1) is 0 Å². The Morgan fingerprint density at radius 2 is 1.56 bits per heavy atom. The van der Waals surface area contributed by atoms with E-state index in [1.165, 1.54) is 11.3 Å². The average Bonchev–Trinajstić information content (AvgIpc) is 2.99. The Hall–Kier alpha value is -2.41. The number of nitrogens with one attached hydrogen (secondary N) is 1.